The Morgan fingerprint density at radius 1 is 1.00 bits per heavy atom. The van der Waals surface area contributed by atoms with Crippen LogP contribution in [0.15, 0.2) is 67.6 Å². The van der Waals surface area contributed by atoms with Crippen LogP contribution in [-0.2, 0) is 20.6 Å². The van der Waals surface area contributed by atoms with Gasteiger partial charge in [0, 0.05) is 51.0 Å². The Labute approximate surface area is 173 Å². The zero-order chi connectivity index (χ0) is 20.5. The number of anilines is 2. The Balaban J connectivity index is 1.37. The van der Waals surface area contributed by atoms with Crippen molar-refractivity contribution in [1.82, 2.24) is 34.0 Å². The van der Waals surface area contributed by atoms with Gasteiger partial charge in [-0.25, -0.2) is 19.6 Å². The number of nitrogens with zero attached hydrogens (tertiary/aromatic N) is 7. The summed E-state index contributed by atoms with van der Waals surface area (Å²) < 4.78 is 5.55. The maximum atomic E-state index is 4.44. The lowest BCUT2D eigenvalue weighted by Crippen LogP contribution is -2.12. The van der Waals surface area contributed by atoms with Crippen molar-refractivity contribution in [2.45, 2.75) is 6.54 Å². The fourth-order valence-electron chi connectivity index (χ4n) is 3.38. The molecule has 0 aliphatic rings. The van der Waals surface area contributed by atoms with E-state index in [2.05, 4.69) is 55.1 Å². The molecule has 0 saturated carbocycles. The van der Waals surface area contributed by atoms with Crippen molar-refractivity contribution in [3.63, 3.8) is 0 Å². The first-order valence-electron chi connectivity index (χ1n) is 9.55. The summed E-state index contributed by atoms with van der Waals surface area (Å²) in [6, 6.07) is 10.4. The van der Waals surface area contributed by atoms with E-state index in [0.29, 0.717) is 6.54 Å². The van der Waals surface area contributed by atoms with Crippen molar-refractivity contribution < 1.29 is 0 Å². The van der Waals surface area contributed by atoms with E-state index in [1.807, 2.05) is 58.9 Å². The second-order valence-corrected chi connectivity index (χ2v) is 7.08. The molecule has 0 unspecified atom stereocenters. The number of nitrogens with one attached hydrogen (secondary N) is 2. The Morgan fingerprint density at radius 3 is 2.73 bits per heavy atom. The molecule has 4 heterocycles. The number of benzene rings is 1. The quantitative estimate of drug-likeness (QED) is 0.456. The van der Waals surface area contributed by atoms with Gasteiger partial charge in [-0.1, -0.05) is 18.2 Å². The van der Waals surface area contributed by atoms with Gasteiger partial charge >= 0.3 is 0 Å². The summed E-state index contributed by atoms with van der Waals surface area (Å²) >= 11 is 0. The standard InChI is InChI=1S/C21H21N9/c1-28-9-7-22-21(28)27-30-8-6-18-19(24-14-25-20(18)30)23-11-15-4-3-5-16(10-15)17-12-26-29(2)13-17/h3-10,12-14H,11H2,1-2H3,(H,22,27)(H,23,24,25). The molecule has 0 aliphatic carbocycles. The van der Waals surface area contributed by atoms with Crippen LogP contribution >= 0.6 is 0 Å². The van der Waals surface area contributed by atoms with E-state index in [9.17, 15) is 0 Å². The number of aryl methyl sites for hydroxylation is 2. The molecule has 2 N–H and O–H groups in total. The van der Waals surface area contributed by atoms with Gasteiger partial charge in [-0.3, -0.25) is 10.1 Å². The lowest BCUT2D eigenvalue weighted by Gasteiger charge is -2.10. The minimum atomic E-state index is 0.651. The number of imidazole rings is 1. The van der Waals surface area contributed by atoms with Gasteiger partial charge in [0.2, 0.25) is 5.95 Å². The first kappa shape index (κ1) is 17.9. The van der Waals surface area contributed by atoms with Crippen molar-refractivity contribution in [2.75, 3.05) is 10.7 Å². The Kier molecular flexibility index (Phi) is 4.40. The molecular weight excluding hydrogens is 378 g/mol. The molecule has 0 fully saturated rings. The molecular formula is C21H21N9. The molecule has 150 valence electrons. The largest absolute Gasteiger partial charge is 0.365 e. The van der Waals surface area contributed by atoms with Gasteiger partial charge in [0.1, 0.15) is 12.1 Å². The van der Waals surface area contributed by atoms with E-state index in [4.69, 9.17) is 0 Å². The summed E-state index contributed by atoms with van der Waals surface area (Å²) in [5, 5.41) is 8.63. The normalized spacial score (nSPS) is 11.1. The summed E-state index contributed by atoms with van der Waals surface area (Å²) in [5.41, 5.74) is 7.42. The van der Waals surface area contributed by atoms with Crippen molar-refractivity contribution >= 4 is 22.8 Å². The van der Waals surface area contributed by atoms with Gasteiger partial charge in [0.25, 0.3) is 0 Å². The second-order valence-electron chi connectivity index (χ2n) is 7.08. The molecule has 9 nitrogen and oxygen atoms in total. The Hall–Kier alpha value is -4.14. The van der Waals surface area contributed by atoms with Crippen LogP contribution in [0, 0.1) is 0 Å². The fourth-order valence-corrected chi connectivity index (χ4v) is 3.38. The van der Waals surface area contributed by atoms with E-state index < -0.39 is 0 Å². The van der Waals surface area contributed by atoms with Crippen molar-refractivity contribution in [1.29, 1.82) is 0 Å². The Bertz CT molecular complexity index is 1310. The minimum absolute atomic E-state index is 0.651. The van der Waals surface area contributed by atoms with Gasteiger partial charge in [-0.05, 0) is 23.3 Å². The van der Waals surface area contributed by atoms with Gasteiger partial charge in [0.05, 0.1) is 11.6 Å². The van der Waals surface area contributed by atoms with Crippen LogP contribution in [-0.4, -0.2) is 34.0 Å². The molecule has 0 saturated heterocycles. The van der Waals surface area contributed by atoms with Crippen LogP contribution in [0.4, 0.5) is 11.8 Å². The van der Waals surface area contributed by atoms with Crippen molar-refractivity contribution in [3.05, 3.63) is 73.2 Å². The molecule has 5 aromatic rings. The number of hydrogen-bond donors (Lipinski definition) is 2. The highest BCUT2D eigenvalue weighted by Gasteiger charge is 2.10. The van der Waals surface area contributed by atoms with Crippen LogP contribution in [0.3, 0.4) is 0 Å². The fraction of sp³-hybridized carbons (Fsp3) is 0.143. The summed E-state index contributed by atoms with van der Waals surface area (Å²) in [4.78, 5) is 13.2. The average molecular weight is 399 g/mol. The van der Waals surface area contributed by atoms with Gasteiger partial charge < -0.3 is 9.88 Å². The molecule has 0 spiro atoms. The predicted octanol–water partition coefficient (Wildman–Crippen LogP) is 3.05. The summed E-state index contributed by atoms with van der Waals surface area (Å²) in [6.07, 6.45) is 11.0. The molecule has 4 aromatic heterocycles. The molecule has 0 bridgehead atoms. The van der Waals surface area contributed by atoms with E-state index >= 15 is 0 Å². The van der Waals surface area contributed by atoms with Gasteiger partial charge in [-0.2, -0.15) is 5.10 Å². The third-order valence-corrected chi connectivity index (χ3v) is 4.95. The number of aromatic nitrogens is 7. The number of fused-ring (bicyclic) bond motifs is 1. The van der Waals surface area contributed by atoms with Crippen LogP contribution < -0.4 is 10.7 Å². The molecule has 30 heavy (non-hydrogen) atoms. The zero-order valence-electron chi connectivity index (χ0n) is 16.7. The van der Waals surface area contributed by atoms with E-state index in [1.165, 1.54) is 0 Å². The first-order valence-corrected chi connectivity index (χ1v) is 9.55. The molecule has 0 atom stereocenters. The van der Waals surface area contributed by atoms with Gasteiger partial charge in [0.15, 0.2) is 5.65 Å². The van der Waals surface area contributed by atoms with Crippen LogP contribution in [0.5, 0.6) is 0 Å². The first-order chi connectivity index (χ1) is 14.7. The molecule has 5 rings (SSSR count). The number of rotatable bonds is 6. The van der Waals surface area contributed by atoms with Crippen molar-refractivity contribution in [3.8, 4) is 11.1 Å². The average Bonchev–Trinajstić information content (AvgIpc) is 3.48. The maximum Gasteiger partial charge on any atom is 0.222 e. The summed E-state index contributed by atoms with van der Waals surface area (Å²) in [7, 11) is 3.85. The third-order valence-electron chi connectivity index (χ3n) is 4.95. The van der Waals surface area contributed by atoms with E-state index in [-0.39, 0.29) is 0 Å². The van der Waals surface area contributed by atoms with Crippen LogP contribution in [0.1, 0.15) is 5.56 Å². The van der Waals surface area contributed by atoms with Crippen LogP contribution in [0.25, 0.3) is 22.2 Å². The molecule has 9 heteroatoms. The molecule has 0 radical (unpaired) electrons. The SMILES string of the molecule is Cn1cc(-c2cccc(CNc3ncnc4c3ccn4Nc3nccn3C)c2)cn1. The zero-order valence-corrected chi connectivity index (χ0v) is 16.7. The minimum Gasteiger partial charge on any atom is -0.365 e. The molecule has 0 amide bonds. The van der Waals surface area contributed by atoms with E-state index in [1.54, 1.807) is 12.5 Å². The highest BCUT2D eigenvalue weighted by molar-refractivity contribution is 5.87. The van der Waals surface area contributed by atoms with Crippen molar-refractivity contribution in [2.24, 2.45) is 14.1 Å². The van der Waals surface area contributed by atoms with Crippen LogP contribution in [0.2, 0.25) is 0 Å². The Morgan fingerprint density at radius 2 is 1.93 bits per heavy atom. The summed E-state index contributed by atoms with van der Waals surface area (Å²) in [5.74, 6) is 1.51. The second kappa shape index (κ2) is 7.36. The monoisotopic (exact) mass is 399 g/mol. The highest BCUT2D eigenvalue weighted by atomic mass is 15.5. The third kappa shape index (κ3) is 3.37. The smallest absolute Gasteiger partial charge is 0.222 e. The predicted molar refractivity (Wildman–Crippen MR) is 116 cm³/mol. The van der Waals surface area contributed by atoms with E-state index in [0.717, 1.165) is 39.5 Å². The molecule has 0 aliphatic heterocycles. The lowest BCUT2D eigenvalue weighted by atomic mass is 10.1. The lowest BCUT2D eigenvalue weighted by molar-refractivity contribution is 0.768. The van der Waals surface area contributed by atoms with Gasteiger partial charge in [-0.15, -0.1) is 0 Å². The topological polar surface area (TPSA) is 90.4 Å². The number of hydrogen-bond acceptors (Lipinski definition) is 6. The molecule has 1 aromatic carbocycles. The summed E-state index contributed by atoms with van der Waals surface area (Å²) in [6.45, 7) is 0.651. The maximum absolute atomic E-state index is 4.44. The highest BCUT2D eigenvalue weighted by Crippen LogP contribution is 2.23.